The lowest BCUT2D eigenvalue weighted by Crippen LogP contribution is -2.43. The van der Waals surface area contributed by atoms with E-state index in [1.54, 1.807) is 0 Å². The molecule has 1 atom stereocenters. The van der Waals surface area contributed by atoms with Crippen molar-refractivity contribution in [2.75, 3.05) is 26.2 Å². The van der Waals surface area contributed by atoms with E-state index in [0.29, 0.717) is 19.7 Å². The number of amides is 1. The number of hydrogen-bond donors (Lipinski definition) is 1. The Labute approximate surface area is 114 Å². The fourth-order valence-corrected chi connectivity index (χ4v) is 2.50. The van der Waals surface area contributed by atoms with Crippen LogP contribution in [0.25, 0.3) is 0 Å². The zero-order valence-electron chi connectivity index (χ0n) is 11.5. The van der Waals surface area contributed by atoms with Gasteiger partial charge in [-0.25, -0.2) is 0 Å². The van der Waals surface area contributed by atoms with Crippen LogP contribution in [0.1, 0.15) is 18.9 Å². The van der Waals surface area contributed by atoms with E-state index in [2.05, 4.69) is 6.92 Å². The average Bonchev–Trinajstić information content (AvgIpc) is 2.46. The Kier molecular flexibility index (Phi) is 4.80. The molecular weight excluding hydrogens is 240 g/mol. The molecule has 0 saturated heterocycles. The van der Waals surface area contributed by atoms with Crippen molar-refractivity contribution in [2.24, 2.45) is 11.7 Å². The lowest BCUT2D eigenvalue weighted by Gasteiger charge is -2.30. The monoisotopic (exact) mass is 262 g/mol. The summed E-state index contributed by atoms with van der Waals surface area (Å²) >= 11 is 0. The number of benzene rings is 1. The van der Waals surface area contributed by atoms with E-state index < -0.39 is 0 Å². The summed E-state index contributed by atoms with van der Waals surface area (Å²) in [4.78, 5) is 14.3. The van der Waals surface area contributed by atoms with Crippen molar-refractivity contribution < 1.29 is 9.53 Å². The number of carbonyl (C=O) groups is 1. The van der Waals surface area contributed by atoms with Crippen LogP contribution in [0.2, 0.25) is 0 Å². The van der Waals surface area contributed by atoms with Crippen molar-refractivity contribution in [3.8, 4) is 5.75 Å². The van der Waals surface area contributed by atoms with Crippen LogP contribution in [0.15, 0.2) is 24.3 Å². The van der Waals surface area contributed by atoms with Crippen LogP contribution in [-0.2, 0) is 11.2 Å². The molecule has 0 radical (unpaired) electrons. The van der Waals surface area contributed by atoms with Gasteiger partial charge in [0.15, 0.2) is 0 Å². The van der Waals surface area contributed by atoms with E-state index in [9.17, 15) is 4.79 Å². The first-order valence-corrected chi connectivity index (χ1v) is 6.95. The molecule has 2 N–H and O–H groups in total. The summed E-state index contributed by atoms with van der Waals surface area (Å²) < 4.78 is 5.68. The van der Waals surface area contributed by atoms with Crippen molar-refractivity contribution in [2.45, 2.75) is 19.8 Å². The minimum Gasteiger partial charge on any atom is -0.492 e. The number of rotatable bonds is 5. The second kappa shape index (κ2) is 6.57. The van der Waals surface area contributed by atoms with Gasteiger partial charge in [0.1, 0.15) is 12.4 Å². The molecule has 0 saturated carbocycles. The molecule has 104 valence electrons. The summed E-state index contributed by atoms with van der Waals surface area (Å²) in [6.45, 7) is 4.46. The van der Waals surface area contributed by atoms with E-state index in [-0.39, 0.29) is 11.8 Å². The summed E-state index contributed by atoms with van der Waals surface area (Å²) in [5.41, 5.74) is 6.70. The third kappa shape index (κ3) is 3.26. The van der Waals surface area contributed by atoms with Gasteiger partial charge in [-0.1, -0.05) is 25.1 Å². The fourth-order valence-electron chi connectivity index (χ4n) is 2.50. The van der Waals surface area contributed by atoms with Crippen molar-refractivity contribution in [1.29, 1.82) is 0 Å². The van der Waals surface area contributed by atoms with Crippen LogP contribution in [0.5, 0.6) is 5.75 Å². The van der Waals surface area contributed by atoms with Crippen molar-refractivity contribution in [3.05, 3.63) is 29.8 Å². The Morgan fingerprint density at radius 3 is 2.95 bits per heavy atom. The van der Waals surface area contributed by atoms with Gasteiger partial charge in [0.05, 0.1) is 5.92 Å². The van der Waals surface area contributed by atoms with Gasteiger partial charge in [0.25, 0.3) is 0 Å². The highest BCUT2D eigenvalue weighted by Crippen LogP contribution is 2.27. The third-order valence-electron chi connectivity index (χ3n) is 3.43. The second-order valence-electron chi connectivity index (χ2n) is 4.93. The summed E-state index contributed by atoms with van der Waals surface area (Å²) in [6.07, 6.45) is 1.72. The summed E-state index contributed by atoms with van der Waals surface area (Å²) in [5.74, 6) is 1.00. The van der Waals surface area contributed by atoms with Crippen LogP contribution < -0.4 is 10.5 Å². The molecular formula is C15H22N2O2. The van der Waals surface area contributed by atoms with Crippen LogP contribution >= 0.6 is 0 Å². The molecule has 4 nitrogen and oxygen atoms in total. The Morgan fingerprint density at radius 2 is 2.21 bits per heavy atom. The number of para-hydroxylation sites is 1. The van der Waals surface area contributed by atoms with Gasteiger partial charge in [-0.15, -0.1) is 0 Å². The maximum Gasteiger partial charge on any atom is 0.229 e. The molecule has 1 unspecified atom stereocenters. The molecule has 1 aliphatic heterocycles. The van der Waals surface area contributed by atoms with E-state index in [0.717, 1.165) is 30.7 Å². The predicted octanol–water partition coefficient (Wildman–Crippen LogP) is 1.43. The largest absolute Gasteiger partial charge is 0.492 e. The summed E-state index contributed by atoms with van der Waals surface area (Å²) in [7, 11) is 0. The molecule has 4 heteroatoms. The standard InChI is InChI=1S/C15H22N2O2/c1-2-8-17(9-7-16)15(18)13-10-12-5-3-4-6-14(12)19-11-13/h3-6,13H,2,7-11,16H2,1H3. The lowest BCUT2D eigenvalue weighted by molar-refractivity contribution is -0.136. The quantitative estimate of drug-likeness (QED) is 0.873. The summed E-state index contributed by atoms with van der Waals surface area (Å²) in [6, 6.07) is 7.93. The van der Waals surface area contributed by atoms with Crippen LogP contribution in [0.3, 0.4) is 0 Å². The molecule has 0 aromatic heterocycles. The second-order valence-corrected chi connectivity index (χ2v) is 4.93. The van der Waals surface area contributed by atoms with Crippen molar-refractivity contribution >= 4 is 5.91 Å². The summed E-state index contributed by atoms with van der Waals surface area (Å²) in [5, 5.41) is 0. The van der Waals surface area contributed by atoms with Crippen molar-refractivity contribution in [1.82, 2.24) is 4.90 Å². The van der Waals surface area contributed by atoms with Gasteiger partial charge in [0, 0.05) is 19.6 Å². The first kappa shape index (κ1) is 13.9. The molecule has 0 bridgehead atoms. The number of fused-ring (bicyclic) bond motifs is 1. The van der Waals surface area contributed by atoms with E-state index in [1.165, 1.54) is 0 Å². The average molecular weight is 262 g/mol. The molecule has 1 aromatic carbocycles. The number of nitrogens with two attached hydrogens (primary N) is 1. The normalized spacial score (nSPS) is 17.5. The lowest BCUT2D eigenvalue weighted by atomic mass is 9.95. The van der Waals surface area contributed by atoms with E-state index in [1.807, 2.05) is 29.2 Å². The van der Waals surface area contributed by atoms with Crippen molar-refractivity contribution in [3.63, 3.8) is 0 Å². The third-order valence-corrected chi connectivity index (χ3v) is 3.43. The van der Waals surface area contributed by atoms with Crippen LogP contribution in [0, 0.1) is 5.92 Å². The zero-order valence-corrected chi connectivity index (χ0v) is 11.5. The van der Waals surface area contributed by atoms with E-state index in [4.69, 9.17) is 10.5 Å². The molecule has 0 spiro atoms. The molecule has 1 amide bonds. The number of hydrogen-bond acceptors (Lipinski definition) is 3. The minimum absolute atomic E-state index is 0.0759. The van der Waals surface area contributed by atoms with Gasteiger partial charge in [-0.2, -0.15) is 0 Å². The van der Waals surface area contributed by atoms with Gasteiger partial charge < -0.3 is 15.4 Å². The Balaban J connectivity index is 2.04. The smallest absolute Gasteiger partial charge is 0.229 e. The molecule has 1 aliphatic rings. The Morgan fingerprint density at radius 1 is 1.42 bits per heavy atom. The topological polar surface area (TPSA) is 55.6 Å². The zero-order chi connectivity index (χ0) is 13.7. The number of nitrogens with zero attached hydrogens (tertiary/aromatic N) is 1. The molecule has 1 heterocycles. The maximum atomic E-state index is 12.5. The highest BCUT2D eigenvalue weighted by atomic mass is 16.5. The van der Waals surface area contributed by atoms with Gasteiger partial charge >= 0.3 is 0 Å². The van der Waals surface area contributed by atoms with Crippen LogP contribution in [-0.4, -0.2) is 37.0 Å². The van der Waals surface area contributed by atoms with Gasteiger partial charge in [-0.05, 0) is 24.5 Å². The SMILES string of the molecule is CCCN(CCN)C(=O)C1COc2ccccc2C1. The van der Waals surface area contributed by atoms with E-state index >= 15 is 0 Å². The molecule has 0 fully saturated rings. The first-order chi connectivity index (χ1) is 9.26. The molecule has 1 aromatic rings. The Hall–Kier alpha value is -1.55. The van der Waals surface area contributed by atoms with Crippen LogP contribution in [0.4, 0.5) is 0 Å². The molecule has 2 rings (SSSR count). The number of ether oxygens (including phenoxy) is 1. The maximum absolute atomic E-state index is 12.5. The molecule has 0 aliphatic carbocycles. The highest BCUT2D eigenvalue weighted by molar-refractivity contribution is 5.79. The molecule has 19 heavy (non-hydrogen) atoms. The van der Waals surface area contributed by atoms with Gasteiger partial charge in [0.2, 0.25) is 5.91 Å². The number of carbonyl (C=O) groups excluding carboxylic acids is 1. The first-order valence-electron chi connectivity index (χ1n) is 6.95. The minimum atomic E-state index is -0.0759. The highest BCUT2D eigenvalue weighted by Gasteiger charge is 2.28. The fraction of sp³-hybridized carbons (Fsp3) is 0.533. The Bertz CT molecular complexity index is 428. The van der Waals surface area contributed by atoms with Gasteiger partial charge in [-0.3, -0.25) is 4.79 Å². The predicted molar refractivity (Wildman–Crippen MR) is 75.1 cm³/mol.